The highest BCUT2D eigenvalue weighted by Crippen LogP contribution is 2.25. The third-order valence-corrected chi connectivity index (χ3v) is 6.22. The van der Waals surface area contributed by atoms with E-state index >= 15 is 0 Å². The first-order valence-electron chi connectivity index (χ1n) is 9.00. The van der Waals surface area contributed by atoms with Crippen molar-refractivity contribution in [3.05, 3.63) is 93.0 Å². The maximum absolute atomic E-state index is 12.6. The molecule has 10 heteroatoms. The van der Waals surface area contributed by atoms with Gasteiger partial charge in [-0.25, -0.2) is 8.42 Å². The lowest BCUT2D eigenvalue weighted by Crippen LogP contribution is -2.26. The van der Waals surface area contributed by atoms with Crippen molar-refractivity contribution in [3.8, 4) is 0 Å². The quantitative estimate of drug-likeness (QED) is 0.426. The molecule has 0 atom stereocenters. The highest BCUT2D eigenvalue weighted by Gasteiger charge is 2.20. The maximum atomic E-state index is 12.6. The molecule has 0 unspecified atom stereocenters. The fraction of sp³-hybridized carbons (Fsp3) is 0.0952. The number of benzene rings is 3. The monoisotopic (exact) mass is 459 g/mol. The van der Waals surface area contributed by atoms with Crippen molar-refractivity contribution >= 4 is 44.6 Å². The first-order chi connectivity index (χ1) is 14.6. The van der Waals surface area contributed by atoms with E-state index in [2.05, 4.69) is 4.72 Å². The molecule has 1 amide bonds. The molecule has 0 fully saturated rings. The summed E-state index contributed by atoms with van der Waals surface area (Å²) in [6.45, 7) is 1.53. The van der Waals surface area contributed by atoms with Crippen LogP contribution in [0.3, 0.4) is 0 Å². The van der Waals surface area contributed by atoms with Gasteiger partial charge in [0.2, 0.25) is 0 Å². The summed E-state index contributed by atoms with van der Waals surface area (Å²) in [4.78, 5) is 24.2. The van der Waals surface area contributed by atoms with Gasteiger partial charge in [-0.15, -0.1) is 0 Å². The summed E-state index contributed by atoms with van der Waals surface area (Å²) in [5, 5.41) is 11.6. The van der Waals surface area contributed by atoms with E-state index in [4.69, 9.17) is 11.6 Å². The van der Waals surface area contributed by atoms with E-state index in [1.165, 1.54) is 36.1 Å². The summed E-state index contributed by atoms with van der Waals surface area (Å²) >= 11 is 5.84. The Hall–Kier alpha value is -3.43. The van der Waals surface area contributed by atoms with Crippen LogP contribution in [0.25, 0.3) is 0 Å². The lowest BCUT2D eigenvalue weighted by molar-refractivity contribution is -0.385. The fourth-order valence-corrected chi connectivity index (χ4v) is 4.03. The highest BCUT2D eigenvalue weighted by atomic mass is 35.5. The summed E-state index contributed by atoms with van der Waals surface area (Å²) in [6.07, 6.45) is 0. The Kier molecular flexibility index (Phi) is 6.28. The van der Waals surface area contributed by atoms with Crippen molar-refractivity contribution in [2.75, 3.05) is 16.7 Å². The van der Waals surface area contributed by atoms with E-state index in [1.807, 2.05) is 0 Å². The Morgan fingerprint density at radius 2 is 1.65 bits per heavy atom. The van der Waals surface area contributed by atoms with Gasteiger partial charge < -0.3 is 4.90 Å². The summed E-state index contributed by atoms with van der Waals surface area (Å²) in [5.41, 5.74) is 1.34. The van der Waals surface area contributed by atoms with E-state index < -0.39 is 14.9 Å². The summed E-state index contributed by atoms with van der Waals surface area (Å²) in [5.74, 6) is -0.253. The van der Waals surface area contributed by atoms with Crippen LogP contribution < -0.4 is 9.62 Å². The number of sulfonamides is 1. The number of carbonyl (C=O) groups is 1. The van der Waals surface area contributed by atoms with Crippen LogP contribution in [0.4, 0.5) is 17.1 Å². The summed E-state index contributed by atoms with van der Waals surface area (Å²) < 4.78 is 27.6. The molecule has 160 valence electrons. The molecular weight excluding hydrogens is 442 g/mol. The zero-order valence-corrected chi connectivity index (χ0v) is 18.1. The number of nitrogens with one attached hydrogen (secondary N) is 1. The number of hydrogen-bond donors (Lipinski definition) is 1. The Morgan fingerprint density at radius 3 is 2.23 bits per heavy atom. The minimum atomic E-state index is -4.03. The minimum absolute atomic E-state index is 0.219. The Labute approximate surface area is 184 Å². The van der Waals surface area contributed by atoms with Crippen molar-refractivity contribution in [3.63, 3.8) is 0 Å². The number of amides is 1. The van der Waals surface area contributed by atoms with Gasteiger partial charge in [0.05, 0.1) is 9.82 Å². The molecule has 3 aromatic carbocycles. The van der Waals surface area contributed by atoms with Crippen LogP contribution >= 0.6 is 11.6 Å². The zero-order chi connectivity index (χ0) is 22.8. The Bertz CT molecular complexity index is 1240. The number of nitrogens with zero attached hydrogens (tertiary/aromatic N) is 2. The van der Waals surface area contributed by atoms with Crippen LogP contribution in [0.2, 0.25) is 5.02 Å². The molecule has 1 N–H and O–H groups in total. The Balaban J connectivity index is 1.78. The molecule has 8 nitrogen and oxygen atoms in total. The van der Waals surface area contributed by atoms with Gasteiger partial charge in [-0.2, -0.15) is 0 Å². The molecule has 0 aromatic heterocycles. The number of halogens is 1. The lowest BCUT2D eigenvalue weighted by Gasteiger charge is -2.18. The van der Waals surface area contributed by atoms with Crippen LogP contribution in [-0.2, 0) is 10.0 Å². The highest BCUT2D eigenvalue weighted by molar-refractivity contribution is 7.92. The van der Waals surface area contributed by atoms with Gasteiger partial charge in [0.15, 0.2) is 0 Å². The number of nitro groups is 1. The van der Waals surface area contributed by atoms with Crippen molar-refractivity contribution in [2.45, 2.75) is 11.8 Å². The second-order valence-corrected chi connectivity index (χ2v) is 8.85. The van der Waals surface area contributed by atoms with Crippen LogP contribution in [-0.4, -0.2) is 26.3 Å². The van der Waals surface area contributed by atoms with E-state index in [-0.39, 0.29) is 22.2 Å². The number of rotatable bonds is 6. The third-order valence-electron chi connectivity index (χ3n) is 4.59. The second-order valence-electron chi connectivity index (χ2n) is 6.73. The molecule has 0 aliphatic heterocycles. The average Bonchev–Trinajstić information content (AvgIpc) is 2.73. The molecular formula is C21H18ClN3O5S. The molecule has 0 saturated carbocycles. The van der Waals surface area contributed by atoms with Crippen molar-refractivity contribution in [2.24, 2.45) is 0 Å². The molecule has 0 bridgehead atoms. The first-order valence-corrected chi connectivity index (χ1v) is 10.9. The maximum Gasteiger partial charge on any atom is 0.273 e. The molecule has 3 rings (SSSR count). The van der Waals surface area contributed by atoms with Gasteiger partial charge in [-0.3, -0.25) is 19.6 Å². The van der Waals surface area contributed by atoms with Crippen LogP contribution in [0.5, 0.6) is 0 Å². The molecule has 0 aliphatic carbocycles. The van der Waals surface area contributed by atoms with Crippen molar-refractivity contribution in [1.29, 1.82) is 0 Å². The molecule has 0 heterocycles. The minimum Gasteiger partial charge on any atom is -0.311 e. The van der Waals surface area contributed by atoms with Crippen LogP contribution in [0, 0.1) is 17.0 Å². The third kappa shape index (κ3) is 5.01. The van der Waals surface area contributed by atoms with Gasteiger partial charge in [0.1, 0.15) is 0 Å². The number of hydrogen-bond acceptors (Lipinski definition) is 5. The van der Waals surface area contributed by atoms with Gasteiger partial charge in [0, 0.05) is 40.6 Å². The summed E-state index contributed by atoms with van der Waals surface area (Å²) in [7, 11) is -2.43. The van der Waals surface area contributed by atoms with E-state index in [1.54, 1.807) is 43.4 Å². The van der Waals surface area contributed by atoms with Gasteiger partial charge in [-0.1, -0.05) is 17.7 Å². The van der Waals surface area contributed by atoms with Gasteiger partial charge >= 0.3 is 0 Å². The van der Waals surface area contributed by atoms with E-state index in [0.29, 0.717) is 21.8 Å². The molecule has 31 heavy (non-hydrogen) atoms. The topological polar surface area (TPSA) is 110 Å². The largest absolute Gasteiger partial charge is 0.311 e. The number of anilines is 2. The SMILES string of the molecule is Cc1ccc(S(=O)(=O)Nc2ccc(N(C)C(=O)c3ccc(Cl)cc3)cc2)cc1[N+](=O)[O-]. The summed E-state index contributed by atoms with van der Waals surface area (Å²) in [6, 6.07) is 16.4. The van der Waals surface area contributed by atoms with Crippen LogP contribution in [0.15, 0.2) is 71.6 Å². The predicted octanol–water partition coefficient (Wildman–Crippen LogP) is 4.63. The fourth-order valence-electron chi connectivity index (χ4n) is 2.82. The average molecular weight is 460 g/mol. The number of aryl methyl sites for hydroxylation is 1. The second kappa shape index (κ2) is 8.75. The normalized spacial score (nSPS) is 11.1. The van der Waals surface area contributed by atoms with Crippen molar-refractivity contribution in [1.82, 2.24) is 0 Å². The molecule has 0 radical (unpaired) electrons. The zero-order valence-electron chi connectivity index (χ0n) is 16.6. The van der Waals surface area contributed by atoms with Gasteiger partial charge in [0.25, 0.3) is 21.6 Å². The standard InChI is InChI=1S/C21H18ClN3O5S/c1-14-3-12-19(13-20(14)25(27)28)31(29,30)23-17-8-10-18(11-9-17)24(2)21(26)15-4-6-16(22)7-5-15/h3-13,23H,1-2H3. The van der Waals surface area contributed by atoms with Gasteiger partial charge in [-0.05, 0) is 61.5 Å². The molecule has 3 aromatic rings. The van der Waals surface area contributed by atoms with E-state index in [0.717, 1.165) is 6.07 Å². The van der Waals surface area contributed by atoms with Crippen molar-refractivity contribution < 1.29 is 18.1 Å². The Morgan fingerprint density at radius 1 is 1.03 bits per heavy atom. The molecule has 0 aliphatic rings. The molecule has 0 spiro atoms. The number of carbonyl (C=O) groups excluding carboxylic acids is 1. The lowest BCUT2D eigenvalue weighted by atomic mass is 10.2. The number of nitro benzene ring substituents is 1. The first kappa shape index (κ1) is 22.3. The van der Waals surface area contributed by atoms with Crippen LogP contribution in [0.1, 0.15) is 15.9 Å². The smallest absolute Gasteiger partial charge is 0.273 e. The molecule has 0 saturated heterocycles. The predicted molar refractivity (Wildman–Crippen MR) is 119 cm³/mol. The van der Waals surface area contributed by atoms with E-state index in [9.17, 15) is 23.3 Å².